The second kappa shape index (κ2) is 3.91. The molecule has 1 heteroatoms. The smallest absolute Gasteiger partial charge is 0.0856 e. The standard InChI is InChI=1S/C13H29B/c1-11(2,3)13(7,8)10-14(9)12(4,5)6/h10H2,1-9H3. The average Bonchev–Trinajstić information content (AvgIpc) is 1.80. The van der Waals surface area contributed by atoms with Crippen LogP contribution in [0.1, 0.15) is 55.4 Å². The lowest BCUT2D eigenvalue weighted by molar-refractivity contribution is 0.154. The van der Waals surface area contributed by atoms with Crippen molar-refractivity contribution in [1.29, 1.82) is 0 Å². The van der Waals surface area contributed by atoms with Gasteiger partial charge in [-0.25, -0.2) is 0 Å². The summed E-state index contributed by atoms with van der Waals surface area (Å²) in [7, 11) is 0. The van der Waals surface area contributed by atoms with E-state index >= 15 is 0 Å². The first-order valence-corrected chi connectivity index (χ1v) is 5.88. The summed E-state index contributed by atoms with van der Waals surface area (Å²) in [6.45, 7) is 22.0. The number of hydrogen-bond donors (Lipinski definition) is 0. The lowest BCUT2D eigenvalue weighted by atomic mass is 9.31. The highest BCUT2D eigenvalue weighted by Gasteiger charge is 2.37. The Hall–Kier alpha value is 0.0649. The molecule has 0 amide bonds. The predicted octanol–water partition coefficient (Wildman–Crippen LogP) is 4.98. The Morgan fingerprint density at radius 2 is 1.14 bits per heavy atom. The molecule has 0 fully saturated rings. The zero-order chi connectivity index (χ0) is 11.8. The largest absolute Gasteiger partial charge is 0.142 e. The Labute approximate surface area is 91.9 Å². The van der Waals surface area contributed by atoms with Crippen LogP contribution in [0.5, 0.6) is 0 Å². The molecule has 0 aliphatic carbocycles. The molecule has 0 saturated heterocycles. The molecule has 0 aliphatic rings. The van der Waals surface area contributed by atoms with Gasteiger partial charge in [-0.2, -0.15) is 0 Å². The highest BCUT2D eigenvalue weighted by atomic mass is 14.4. The van der Waals surface area contributed by atoms with E-state index in [2.05, 4.69) is 62.2 Å². The van der Waals surface area contributed by atoms with E-state index in [9.17, 15) is 0 Å². The molecule has 0 rings (SSSR count). The fourth-order valence-electron chi connectivity index (χ4n) is 1.38. The summed E-state index contributed by atoms with van der Waals surface area (Å²) >= 11 is 0. The molecule has 0 radical (unpaired) electrons. The van der Waals surface area contributed by atoms with Crippen LogP contribution >= 0.6 is 0 Å². The van der Waals surface area contributed by atoms with Crippen LogP contribution < -0.4 is 0 Å². The van der Waals surface area contributed by atoms with E-state index in [1.807, 2.05) is 0 Å². The van der Waals surface area contributed by atoms with Gasteiger partial charge in [-0.15, -0.1) is 0 Å². The molecule has 0 aromatic rings. The zero-order valence-electron chi connectivity index (χ0n) is 11.8. The van der Waals surface area contributed by atoms with Gasteiger partial charge in [-0.05, 0) is 10.8 Å². The van der Waals surface area contributed by atoms with Gasteiger partial charge in [0.05, 0.1) is 0 Å². The van der Waals surface area contributed by atoms with Crippen LogP contribution in [0.3, 0.4) is 0 Å². The predicted molar refractivity (Wildman–Crippen MR) is 69.4 cm³/mol. The zero-order valence-corrected chi connectivity index (χ0v) is 11.8. The van der Waals surface area contributed by atoms with Gasteiger partial charge in [-0.1, -0.05) is 73.8 Å². The highest BCUT2D eigenvalue weighted by molar-refractivity contribution is 6.60. The summed E-state index contributed by atoms with van der Waals surface area (Å²) in [5.74, 6) is 0. The van der Waals surface area contributed by atoms with Gasteiger partial charge in [0.1, 0.15) is 6.71 Å². The molecule has 0 nitrogen and oxygen atoms in total. The van der Waals surface area contributed by atoms with Crippen LogP contribution in [0.15, 0.2) is 0 Å². The Bertz CT molecular complexity index is 178. The Kier molecular flexibility index (Phi) is 3.92. The molecule has 0 aromatic heterocycles. The van der Waals surface area contributed by atoms with Gasteiger partial charge in [0.25, 0.3) is 0 Å². The first-order valence-electron chi connectivity index (χ1n) is 5.88. The van der Waals surface area contributed by atoms with Crippen molar-refractivity contribution in [3.8, 4) is 0 Å². The molecule has 0 atom stereocenters. The first kappa shape index (κ1) is 14.1. The van der Waals surface area contributed by atoms with Crippen molar-refractivity contribution in [2.45, 2.75) is 73.8 Å². The molecule has 0 saturated carbocycles. The van der Waals surface area contributed by atoms with Crippen molar-refractivity contribution in [1.82, 2.24) is 0 Å². The summed E-state index contributed by atoms with van der Waals surface area (Å²) in [6.07, 6.45) is 1.31. The molecule has 0 spiro atoms. The minimum Gasteiger partial charge on any atom is -0.0856 e. The van der Waals surface area contributed by atoms with E-state index in [4.69, 9.17) is 0 Å². The van der Waals surface area contributed by atoms with Crippen LogP contribution in [0.4, 0.5) is 0 Å². The third-order valence-corrected chi connectivity index (χ3v) is 4.33. The Morgan fingerprint density at radius 3 is 1.36 bits per heavy atom. The second-order valence-corrected chi connectivity index (χ2v) is 7.61. The van der Waals surface area contributed by atoms with Crippen LogP contribution in [-0.4, -0.2) is 6.71 Å². The highest BCUT2D eigenvalue weighted by Crippen LogP contribution is 2.45. The maximum absolute atomic E-state index is 2.40. The van der Waals surface area contributed by atoms with Gasteiger partial charge < -0.3 is 0 Å². The Morgan fingerprint density at radius 1 is 0.786 bits per heavy atom. The quantitative estimate of drug-likeness (QED) is 0.546. The maximum Gasteiger partial charge on any atom is 0.142 e. The van der Waals surface area contributed by atoms with Gasteiger partial charge in [0.15, 0.2) is 0 Å². The monoisotopic (exact) mass is 196 g/mol. The first-order chi connectivity index (χ1) is 5.88. The van der Waals surface area contributed by atoms with E-state index in [1.54, 1.807) is 0 Å². The van der Waals surface area contributed by atoms with Crippen LogP contribution in [-0.2, 0) is 0 Å². The molecule has 0 aliphatic heterocycles. The molecule has 84 valence electrons. The van der Waals surface area contributed by atoms with Gasteiger partial charge in [0, 0.05) is 0 Å². The molecular formula is C13H29B. The van der Waals surface area contributed by atoms with Crippen molar-refractivity contribution in [2.75, 3.05) is 0 Å². The minimum atomic E-state index is 0.395. The summed E-state index contributed by atoms with van der Waals surface area (Å²) in [5, 5.41) is 0.433. The van der Waals surface area contributed by atoms with Gasteiger partial charge in [-0.3, -0.25) is 0 Å². The van der Waals surface area contributed by atoms with Crippen molar-refractivity contribution in [3.05, 3.63) is 0 Å². The maximum atomic E-state index is 2.40. The van der Waals surface area contributed by atoms with Crippen LogP contribution in [0.25, 0.3) is 0 Å². The van der Waals surface area contributed by atoms with E-state index in [-0.39, 0.29) is 0 Å². The fourth-order valence-corrected chi connectivity index (χ4v) is 1.38. The summed E-state index contributed by atoms with van der Waals surface area (Å²) in [6, 6.07) is 0. The number of hydrogen-bond acceptors (Lipinski definition) is 0. The SMILES string of the molecule is CB(CC(C)(C)C(C)(C)C)C(C)(C)C. The van der Waals surface area contributed by atoms with Gasteiger partial charge >= 0.3 is 0 Å². The third kappa shape index (κ3) is 3.67. The van der Waals surface area contributed by atoms with Crippen LogP contribution in [0, 0.1) is 10.8 Å². The van der Waals surface area contributed by atoms with Crippen molar-refractivity contribution in [3.63, 3.8) is 0 Å². The molecule has 0 aromatic carbocycles. The summed E-state index contributed by atoms with van der Waals surface area (Å²) in [5.41, 5.74) is 0.812. The molecule has 0 heterocycles. The van der Waals surface area contributed by atoms with E-state index in [1.165, 1.54) is 6.32 Å². The second-order valence-electron chi connectivity index (χ2n) is 7.61. The molecule has 14 heavy (non-hydrogen) atoms. The molecular weight excluding hydrogens is 167 g/mol. The van der Waals surface area contributed by atoms with E-state index in [0.29, 0.717) is 16.1 Å². The molecule has 0 unspecified atom stereocenters. The third-order valence-electron chi connectivity index (χ3n) is 4.33. The molecule has 0 bridgehead atoms. The van der Waals surface area contributed by atoms with Crippen molar-refractivity contribution >= 4 is 6.71 Å². The van der Waals surface area contributed by atoms with Crippen LogP contribution in [0.2, 0.25) is 18.5 Å². The van der Waals surface area contributed by atoms with Crippen molar-refractivity contribution in [2.24, 2.45) is 10.8 Å². The normalized spacial score (nSPS) is 14.4. The molecule has 0 N–H and O–H groups in total. The van der Waals surface area contributed by atoms with Gasteiger partial charge in [0.2, 0.25) is 0 Å². The Balaban J connectivity index is 4.53. The minimum absolute atomic E-state index is 0.395. The summed E-state index contributed by atoms with van der Waals surface area (Å²) < 4.78 is 0. The van der Waals surface area contributed by atoms with Crippen molar-refractivity contribution < 1.29 is 0 Å². The number of rotatable bonds is 2. The van der Waals surface area contributed by atoms with E-state index < -0.39 is 0 Å². The summed E-state index contributed by atoms with van der Waals surface area (Å²) in [4.78, 5) is 0. The van der Waals surface area contributed by atoms with E-state index in [0.717, 1.165) is 6.71 Å². The topological polar surface area (TPSA) is 0 Å². The lowest BCUT2D eigenvalue weighted by Crippen LogP contribution is -2.36. The fraction of sp³-hybridized carbons (Fsp3) is 1.00. The lowest BCUT2D eigenvalue weighted by Gasteiger charge is -2.42. The average molecular weight is 196 g/mol.